The Labute approximate surface area is 131 Å². The summed E-state index contributed by atoms with van der Waals surface area (Å²) in [4.78, 5) is 4.88. The molecule has 0 atom stereocenters. The first-order valence-electron chi connectivity index (χ1n) is 7.19. The molecule has 1 fully saturated rings. The van der Waals surface area contributed by atoms with E-state index in [2.05, 4.69) is 9.80 Å². The van der Waals surface area contributed by atoms with Gasteiger partial charge in [0, 0.05) is 39.3 Å². The molecule has 2 rings (SSSR count). The van der Waals surface area contributed by atoms with Crippen molar-refractivity contribution in [3.8, 4) is 0 Å². The fraction of sp³-hybridized carbons (Fsp3) is 0.600. The van der Waals surface area contributed by atoms with Crippen molar-refractivity contribution in [1.29, 1.82) is 0 Å². The van der Waals surface area contributed by atoms with Crippen molar-refractivity contribution in [2.45, 2.75) is 19.4 Å². The number of unbranched alkanes of at least 4 members (excludes halogenated alkanes) is 1. The highest BCUT2D eigenvalue weighted by Crippen LogP contribution is 2.26. The minimum absolute atomic E-state index is 0.299. The van der Waals surface area contributed by atoms with E-state index < -0.39 is 0 Å². The van der Waals surface area contributed by atoms with Crippen LogP contribution in [-0.2, 0) is 6.54 Å². The fourth-order valence-corrected chi connectivity index (χ4v) is 2.91. The summed E-state index contributed by atoms with van der Waals surface area (Å²) in [5.74, 6) is 0. The van der Waals surface area contributed by atoms with Crippen molar-refractivity contribution in [3.63, 3.8) is 0 Å². The lowest BCUT2D eigenvalue weighted by atomic mass is 10.2. The van der Waals surface area contributed by atoms with Crippen LogP contribution in [0.15, 0.2) is 18.2 Å². The molecule has 0 spiro atoms. The van der Waals surface area contributed by atoms with Gasteiger partial charge < -0.3 is 10.0 Å². The minimum atomic E-state index is 0.299. The number of hydrogen-bond acceptors (Lipinski definition) is 3. The van der Waals surface area contributed by atoms with Crippen LogP contribution in [-0.4, -0.2) is 54.2 Å². The number of piperazine rings is 1. The molecule has 0 aromatic heterocycles. The Bertz CT molecular complexity index is 420. The molecule has 20 heavy (non-hydrogen) atoms. The lowest BCUT2D eigenvalue weighted by Gasteiger charge is -2.34. The molecule has 5 heteroatoms. The highest BCUT2D eigenvalue weighted by molar-refractivity contribution is 6.42. The van der Waals surface area contributed by atoms with Crippen LogP contribution in [0.2, 0.25) is 10.0 Å². The molecule has 1 saturated heterocycles. The van der Waals surface area contributed by atoms with Crippen LogP contribution in [0.1, 0.15) is 18.4 Å². The third kappa shape index (κ3) is 4.61. The molecular formula is C15H22Cl2N2O. The van der Waals surface area contributed by atoms with Gasteiger partial charge in [0.1, 0.15) is 0 Å². The molecule has 0 amide bonds. The van der Waals surface area contributed by atoms with Gasteiger partial charge >= 0.3 is 0 Å². The summed E-state index contributed by atoms with van der Waals surface area (Å²) in [6, 6.07) is 5.82. The summed E-state index contributed by atoms with van der Waals surface area (Å²) in [6.45, 7) is 6.54. The standard InChI is InChI=1S/C15H22Cl2N2O/c16-14-5-3-4-13(15(14)17)12-19-9-7-18(8-10-19)6-1-2-11-20/h3-5,20H,1-2,6-12H2. The van der Waals surface area contributed by atoms with Gasteiger partial charge in [0.2, 0.25) is 0 Å². The van der Waals surface area contributed by atoms with Gasteiger partial charge in [0.05, 0.1) is 10.0 Å². The number of benzene rings is 1. The van der Waals surface area contributed by atoms with Crippen molar-refractivity contribution in [3.05, 3.63) is 33.8 Å². The topological polar surface area (TPSA) is 26.7 Å². The molecule has 1 N–H and O–H groups in total. The Kier molecular flexibility index (Phi) is 6.59. The summed E-state index contributed by atoms with van der Waals surface area (Å²) in [6.07, 6.45) is 1.98. The second kappa shape index (κ2) is 8.20. The molecule has 1 aliphatic rings. The second-order valence-corrected chi connectivity index (χ2v) is 6.05. The van der Waals surface area contributed by atoms with E-state index in [0.29, 0.717) is 16.7 Å². The van der Waals surface area contributed by atoms with Crippen molar-refractivity contribution in [1.82, 2.24) is 9.80 Å². The highest BCUT2D eigenvalue weighted by Gasteiger charge is 2.17. The highest BCUT2D eigenvalue weighted by atomic mass is 35.5. The SMILES string of the molecule is OCCCCN1CCN(Cc2cccc(Cl)c2Cl)CC1. The molecule has 1 aromatic carbocycles. The number of aliphatic hydroxyl groups is 1. The van der Waals surface area contributed by atoms with E-state index in [1.54, 1.807) is 0 Å². The van der Waals surface area contributed by atoms with E-state index in [-0.39, 0.29) is 0 Å². The lowest BCUT2D eigenvalue weighted by Crippen LogP contribution is -2.46. The van der Waals surface area contributed by atoms with Gasteiger partial charge in [0.25, 0.3) is 0 Å². The smallest absolute Gasteiger partial charge is 0.0637 e. The van der Waals surface area contributed by atoms with Crippen molar-refractivity contribution in [2.24, 2.45) is 0 Å². The summed E-state index contributed by atoms with van der Waals surface area (Å²) >= 11 is 12.3. The second-order valence-electron chi connectivity index (χ2n) is 5.26. The molecule has 0 saturated carbocycles. The minimum Gasteiger partial charge on any atom is -0.396 e. The molecule has 1 heterocycles. The third-order valence-corrected chi connectivity index (χ3v) is 4.63. The quantitative estimate of drug-likeness (QED) is 0.817. The molecule has 3 nitrogen and oxygen atoms in total. The average Bonchev–Trinajstić information content (AvgIpc) is 2.46. The Morgan fingerprint density at radius 2 is 1.70 bits per heavy atom. The molecule has 1 aliphatic heterocycles. The number of nitrogens with zero attached hydrogens (tertiary/aromatic N) is 2. The van der Waals surface area contributed by atoms with Gasteiger partial charge in [0.15, 0.2) is 0 Å². The Morgan fingerprint density at radius 1 is 1.00 bits per heavy atom. The maximum absolute atomic E-state index is 8.80. The zero-order chi connectivity index (χ0) is 14.4. The Balaban J connectivity index is 1.78. The number of rotatable bonds is 6. The van der Waals surface area contributed by atoms with E-state index >= 15 is 0 Å². The molecule has 0 unspecified atom stereocenters. The number of halogens is 2. The van der Waals surface area contributed by atoms with Crippen molar-refractivity contribution < 1.29 is 5.11 Å². The summed E-state index contributed by atoms with van der Waals surface area (Å²) in [5, 5.41) is 10.1. The maximum atomic E-state index is 8.80. The van der Waals surface area contributed by atoms with E-state index in [1.165, 1.54) is 0 Å². The largest absolute Gasteiger partial charge is 0.396 e. The van der Waals surface area contributed by atoms with Gasteiger partial charge in [-0.25, -0.2) is 0 Å². The third-order valence-electron chi connectivity index (χ3n) is 3.77. The summed E-state index contributed by atoms with van der Waals surface area (Å²) < 4.78 is 0. The molecule has 0 radical (unpaired) electrons. The van der Waals surface area contributed by atoms with Crippen molar-refractivity contribution in [2.75, 3.05) is 39.3 Å². The van der Waals surface area contributed by atoms with Gasteiger partial charge in [-0.05, 0) is 31.0 Å². The van der Waals surface area contributed by atoms with Gasteiger partial charge in [-0.15, -0.1) is 0 Å². The van der Waals surface area contributed by atoms with E-state index in [0.717, 1.165) is 57.7 Å². The molecule has 0 aliphatic carbocycles. The van der Waals surface area contributed by atoms with Crippen LogP contribution < -0.4 is 0 Å². The van der Waals surface area contributed by atoms with Crippen LogP contribution in [0, 0.1) is 0 Å². The van der Waals surface area contributed by atoms with Gasteiger partial charge in [-0.1, -0.05) is 35.3 Å². The van der Waals surface area contributed by atoms with Crippen LogP contribution in [0.5, 0.6) is 0 Å². The maximum Gasteiger partial charge on any atom is 0.0637 e. The molecule has 112 valence electrons. The van der Waals surface area contributed by atoms with Crippen molar-refractivity contribution >= 4 is 23.2 Å². The predicted octanol–water partition coefficient (Wildman–Crippen LogP) is 2.88. The van der Waals surface area contributed by atoms with E-state index in [4.69, 9.17) is 28.3 Å². The normalized spacial score (nSPS) is 17.6. The van der Waals surface area contributed by atoms with Gasteiger partial charge in [-0.2, -0.15) is 0 Å². The van der Waals surface area contributed by atoms with E-state index in [9.17, 15) is 0 Å². The van der Waals surface area contributed by atoms with E-state index in [1.807, 2.05) is 18.2 Å². The summed E-state index contributed by atoms with van der Waals surface area (Å²) in [7, 11) is 0. The first-order chi connectivity index (χ1) is 9.70. The Hall–Kier alpha value is -0.320. The zero-order valence-electron chi connectivity index (χ0n) is 11.7. The first-order valence-corrected chi connectivity index (χ1v) is 7.95. The summed E-state index contributed by atoms with van der Waals surface area (Å²) in [5.41, 5.74) is 1.10. The van der Waals surface area contributed by atoms with Crippen LogP contribution in [0.3, 0.4) is 0 Å². The number of hydrogen-bond donors (Lipinski definition) is 1. The number of aliphatic hydroxyl groups excluding tert-OH is 1. The van der Waals surface area contributed by atoms with Crippen LogP contribution in [0.4, 0.5) is 0 Å². The lowest BCUT2D eigenvalue weighted by molar-refractivity contribution is 0.123. The predicted molar refractivity (Wildman–Crippen MR) is 84.5 cm³/mol. The fourth-order valence-electron chi connectivity index (χ4n) is 2.53. The molecule has 1 aromatic rings. The molecule has 0 bridgehead atoms. The first kappa shape index (κ1) is 16.1. The zero-order valence-corrected chi connectivity index (χ0v) is 13.2. The van der Waals surface area contributed by atoms with Gasteiger partial charge in [-0.3, -0.25) is 4.90 Å². The monoisotopic (exact) mass is 316 g/mol. The van der Waals surface area contributed by atoms with Crippen LogP contribution in [0.25, 0.3) is 0 Å². The Morgan fingerprint density at radius 3 is 2.40 bits per heavy atom. The average molecular weight is 317 g/mol. The van der Waals surface area contributed by atoms with Crippen LogP contribution >= 0.6 is 23.2 Å². The molecular weight excluding hydrogens is 295 g/mol.